The Labute approximate surface area is 147 Å². The lowest BCUT2D eigenvalue weighted by Gasteiger charge is -1.94. The molecule has 0 bridgehead atoms. The summed E-state index contributed by atoms with van der Waals surface area (Å²) in [6, 6.07) is 8.79. The highest BCUT2D eigenvalue weighted by Crippen LogP contribution is 2.28. The smallest absolute Gasteiger partial charge is 0.341 e. The summed E-state index contributed by atoms with van der Waals surface area (Å²) in [5.41, 5.74) is 1.21. The van der Waals surface area contributed by atoms with Gasteiger partial charge in [-0.3, -0.25) is 0 Å². The van der Waals surface area contributed by atoms with Crippen molar-refractivity contribution in [1.29, 1.82) is 0 Å². The minimum Gasteiger partial charge on any atom is -0.465 e. The van der Waals surface area contributed by atoms with E-state index in [2.05, 4.69) is 10.2 Å². The number of hydrogen-bond donors (Lipinski definition) is 0. The number of carbonyl (C=O) groups is 1. The monoisotopic (exact) mass is 364 g/mol. The molecule has 0 spiro atoms. The van der Waals surface area contributed by atoms with Crippen molar-refractivity contribution in [3.8, 4) is 11.5 Å². The van der Waals surface area contributed by atoms with Crippen molar-refractivity contribution in [2.45, 2.75) is 17.9 Å². The van der Waals surface area contributed by atoms with Crippen LogP contribution in [0.1, 0.15) is 21.9 Å². The number of hydrogen-bond acceptors (Lipinski definition) is 7. The molecule has 0 amide bonds. The fourth-order valence-electron chi connectivity index (χ4n) is 2.04. The summed E-state index contributed by atoms with van der Waals surface area (Å²) >= 11 is 7.18. The molecule has 0 aliphatic rings. The predicted octanol–water partition coefficient (Wildman–Crippen LogP) is 4.37. The molecule has 0 saturated heterocycles. The highest BCUT2D eigenvalue weighted by atomic mass is 35.5. The molecule has 0 radical (unpaired) electrons. The summed E-state index contributed by atoms with van der Waals surface area (Å²) in [5.74, 6) is 1.60. The Morgan fingerprint density at radius 3 is 2.71 bits per heavy atom. The van der Waals surface area contributed by atoms with E-state index in [0.29, 0.717) is 39.0 Å². The number of thioether (sulfide) groups is 1. The molecule has 6 nitrogen and oxygen atoms in total. The Morgan fingerprint density at radius 2 is 2.00 bits per heavy atom. The summed E-state index contributed by atoms with van der Waals surface area (Å²) in [5, 5.41) is 9.05. The first-order valence-corrected chi connectivity index (χ1v) is 8.33. The van der Waals surface area contributed by atoms with E-state index in [1.54, 1.807) is 25.1 Å². The van der Waals surface area contributed by atoms with Crippen molar-refractivity contribution in [2.75, 3.05) is 7.11 Å². The van der Waals surface area contributed by atoms with Gasteiger partial charge in [0.1, 0.15) is 17.1 Å². The van der Waals surface area contributed by atoms with Gasteiger partial charge in [0, 0.05) is 10.6 Å². The number of nitrogens with zero attached hydrogens (tertiary/aromatic N) is 2. The zero-order valence-corrected chi connectivity index (χ0v) is 14.5. The zero-order chi connectivity index (χ0) is 17.1. The maximum atomic E-state index is 11.6. The number of benzene rings is 1. The van der Waals surface area contributed by atoms with Crippen LogP contribution in [-0.4, -0.2) is 23.3 Å². The Kier molecular flexibility index (Phi) is 4.92. The fourth-order valence-corrected chi connectivity index (χ4v) is 2.81. The van der Waals surface area contributed by atoms with E-state index in [1.807, 2.05) is 12.1 Å². The van der Waals surface area contributed by atoms with Crippen molar-refractivity contribution in [1.82, 2.24) is 10.2 Å². The normalized spacial score (nSPS) is 10.8. The van der Waals surface area contributed by atoms with Gasteiger partial charge in [-0.2, -0.15) is 0 Å². The lowest BCUT2D eigenvalue weighted by molar-refractivity contribution is 0.0599. The molecule has 0 unspecified atom stereocenters. The zero-order valence-electron chi connectivity index (χ0n) is 12.9. The number of aromatic nitrogens is 2. The number of ether oxygens (including phenoxy) is 1. The quantitative estimate of drug-likeness (QED) is 0.491. The van der Waals surface area contributed by atoms with E-state index < -0.39 is 5.97 Å². The molecule has 24 heavy (non-hydrogen) atoms. The number of rotatable bonds is 5. The highest BCUT2D eigenvalue weighted by Gasteiger charge is 2.16. The second-order valence-electron chi connectivity index (χ2n) is 4.84. The lowest BCUT2D eigenvalue weighted by atomic mass is 10.2. The Balaban J connectivity index is 1.67. The van der Waals surface area contributed by atoms with Crippen molar-refractivity contribution in [3.63, 3.8) is 0 Å². The highest BCUT2D eigenvalue weighted by molar-refractivity contribution is 7.98. The molecule has 2 aromatic heterocycles. The van der Waals surface area contributed by atoms with Gasteiger partial charge in [0.05, 0.1) is 12.9 Å². The van der Waals surface area contributed by atoms with Crippen LogP contribution in [0, 0.1) is 6.92 Å². The van der Waals surface area contributed by atoms with Gasteiger partial charge in [0.15, 0.2) is 0 Å². The molecule has 0 saturated carbocycles. The van der Waals surface area contributed by atoms with E-state index in [4.69, 9.17) is 25.2 Å². The van der Waals surface area contributed by atoms with Gasteiger partial charge >= 0.3 is 5.97 Å². The second-order valence-corrected chi connectivity index (χ2v) is 6.21. The van der Waals surface area contributed by atoms with Crippen molar-refractivity contribution >= 4 is 29.3 Å². The minimum atomic E-state index is -0.421. The molecule has 0 atom stereocenters. The van der Waals surface area contributed by atoms with Gasteiger partial charge < -0.3 is 13.6 Å². The second kappa shape index (κ2) is 7.11. The molecule has 0 aliphatic carbocycles. The molecule has 124 valence electrons. The molecule has 3 aromatic rings. The predicted molar refractivity (Wildman–Crippen MR) is 89.1 cm³/mol. The van der Waals surface area contributed by atoms with Gasteiger partial charge in [0.2, 0.25) is 5.89 Å². The van der Waals surface area contributed by atoms with Crippen LogP contribution in [0.15, 0.2) is 44.4 Å². The SMILES string of the molecule is COC(=O)c1cc(CSc2nnc(-c3ccc(Cl)cc3)o2)oc1C. The minimum absolute atomic E-state index is 0.411. The van der Waals surface area contributed by atoms with Crippen molar-refractivity contribution < 1.29 is 18.4 Å². The van der Waals surface area contributed by atoms with Crippen LogP contribution in [0.5, 0.6) is 0 Å². The van der Waals surface area contributed by atoms with Gasteiger partial charge in [-0.15, -0.1) is 10.2 Å². The number of esters is 1. The topological polar surface area (TPSA) is 78.4 Å². The van der Waals surface area contributed by atoms with E-state index in [0.717, 1.165) is 5.56 Å². The first kappa shape index (κ1) is 16.6. The summed E-state index contributed by atoms with van der Waals surface area (Å²) in [7, 11) is 1.33. The van der Waals surface area contributed by atoms with E-state index in [9.17, 15) is 4.79 Å². The molecule has 3 rings (SSSR count). The summed E-state index contributed by atoms with van der Waals surface area (Å²) in [6.07, 6.45) is 0. The third-order valence-electron chi connectivity index (χ3n) is 3.21. The van der Waals surface area contributed by atoms with E-state index in [1.165, 1.54) is 18.9 Å². The van der Waals surface area contributed by atoms with Crippen LogP contribution >= 0.6 is 23.4 Å². The Bertz CT molecular complexity index is 857. The van der Waals surface area contributed by atoms with Crippen molar-refractivity contribution in [3.05, 3.63) is 52.4 Å². The van der Waals surface area contributed by atoms with Gasteiger partial charge in [-0.1, -0.05) is 23.4 Å². The molecule has 0 N–H and O–H groups in total. The van der Waals surface area contributed by atoms with Crippen LogP contribution < -0.4 is 0 Å². The van der Waals surface area contributed by atoms with Gasteiger partial charge in [0.25, 0.3) is 5.22 Å². The van der Waals surface area contributed by atoms with E-state index in [-0.39, 0.29) is 0 Å². The fraction of sp³-hybridized carbons (Fsp3) is 0.188. The van der Waals surface area contributed by atoms with E-state index >= 15 is 0 Å². The molecule has 0 fully saturated rings. The van der Waals surface area contributed by atoms with Crippen LogP contribution in [0.3, 0.4) is 0 Å². The number of aryl methyl sites for hydroxylation is 1. The summed E-state index contributed by atoms with van der Waals surface area (Å²) in [4.78, 5) is 11.6. The average molecular weight is 365 g/mol. The first-order chi connectivity index (χ1) is 11.6. The Morgan fingerprint density at radius 1 is 1.25 bits per heavy atom. The number of halogens is 1. The van der Waals surface area contributed by atoms with Crippen LogP contribution in [0.2, 0.25) is 5.02 Å². The lowest BCUT2D eigenvalue weighted by Crippen LogP contribution is -2.00. The molecule has 1 aromatic carbocycles. The molecular formula is C16H13ClN2O4S. The van der Waals surface area contributed by atoms with Crippen LogP contribution in [-0.2, 0) is 10.5 Å². The van der Waals surface area contributed by atoms with Crippen molar-refractivity contribution in [2.24, 2.45) is 0 Å². The standard InChI is InChI=1S/C16H13ClN2O4S/c1-9-13(15(20)21-2)7-12(22-9)8-24-16-19-18-14(23-16)10-3-5-11(17)6-4-10/h3-7H,8H2,1-2H3. The number of furan rings is 1. The average Bonchev–Trinajstić information content (AvgIpc) is 3.19. The molecule has 0 aliphatic heterocycles. The number of carbonyl (C=O) groups excluding carboxylic acids is 1. The number of methoxy groups -OCH3 is 1. The third kappa shape index (κ3) is 3.63. The molecule has 8 heteroatoms. The maximum Gasteiger partial charge on any atom is 0.341 e. The summed E-state index contributed by atoms with van der Waals surface area (Å²) in [6.45, 7) is 1.71. The molecular weight excluding hydrogens is 352 g/mol. The first-order valence-electron chi connectivity index (χ1n) is 6.96. The van der Waals surface area contributed by atoms with Crippen LogP contribution in [0.25, 0.3) is 11.5 Å². The maximum absolute atomic E-state index is 11.6. The third-order valence-corrected chi connectivity index (χ3v) is 4.30. The Hall–Kier alpha value is -2.25. The molecule has 2 heterocycles. The van der Waals surface area contributed by atoms with Crippen LogP contribution in [0.4, 0.5) is 0 Å². The summed E-state index contributed by atoms with van der Waals surface area (Å²) < 4.78 is 15.8. The van der Waals surface area contributed by atoms with Gasteiger partial charge in [-0.25, -0.2) is 4.79 Å². The largest absolute Gasteiger partial charge is 0.465 e. The van der Waals surface area contributed by atoms with Gasteiger partial charge in [-0.05, 0) is 37.3 Å².